The van der Waals surface area contributed by atoms with E-state index in [1.54, 1.807) is 27.7 Å². The summed E-state index contributed by atoms with van der Waals surface area (Å²) in [6.07, 6.45) is 7.90. The Morgan fingerprint density at radius 3 is 1.10 bits per heavy atom. The number of ether oxygens (including phenoxy) is 4. The summed E-state index contributed by atoms with van der Waals surface area (Å²) >= 11 is 0. The Hall–Kier alpha value is -3.16. The third-order valence-electron chi connectivity index (χ3n) is 5.08. The van der Waals surface area contributed by atoms with E-state index in [0.29, 0.717) is 54.6 Å². The Morgan fingerprint density at radius 1 is 0.525 bits per heavy atom. The second kappa shape index (κ2) is 27.4. The van der Waals surface area contributed by atoms with Crippen LogP contribution in [0.3, 0.4) is 0 Å². The van der Waals surface area contributed by atoms with Gasteiger partial charge in [-0.2, -0.15) is 0 Å². The minimum Gasteiger partial charge on any atom is -0.462 e. The van der Waals surface area contributed by atoms with Crippen molar-refractivity contribution in [1.29, 1.82) is 0 Å². The molecule has 0 aliphatic rings. The normalized spacial score (nSPS) is 10.3. The summed E-state index contributed by atoms with van der Waals surface area (Å²) in [6, 6.07) is 0. The van der Waals surface area contributed by atoms with Crippen LogP contribution in [0.1, 0.15) is 99.8 Å². The average molecular weight is 567 g/mol. The van der Waals surface area contributed by atoms with Crippen molar-refractivity contribution >= 4 is 23.9 Å². The van der Waals surface area contributed by atoms with Crippen molar-refractivity contribution in [2.24, 2.45) is 5.92 Å². The van der Waals surface area contributed by atoms with E-state index in [1.165, 1.54) is 12.8 Å². The Morgan fingerprint density at radius 2 is 0.825 bits per heavy atom. The van der Waals surface area contributed by atoms with Gasteiger partial charge < -0.3 is 18.9 Å². The summed E-state index contributed by atoms with van der Waals surface area (Å²) in [5.74, 6) is -0.840. The molecule has 0 aromatic rings. The van der Waals surface area contributed by atoms with Crippen LogP contribution in [-0.4, -0.2) is 50.3 Å². The first-order chi connectivity index (χ1) is 18.7. The molecule has 1 unspecified atom stereocenters. The summed E-state index contributed by atoms with van der Waals surface area (Å²) in [6.45, 7) is 28.5. The van der Waals surface area contributed by atoms with Crippen molar-refractivity contribution in [2.45, 2.75) is 99.8 Å². The van der Waals surface area contributed by atoms with Crippen LogP contribution in [0.5, 0.6) is 0 Å². The summed E-state index contributed by atoms with van der Waals surface area (Å²) in [4.78, 5) is 43.7. The molecule has 8 nitrogen and oxygen atoms in total. The van der Waals surface area contributed by atoms with Crippen LogP contribution >= 0.6 is 0 Å². The van der Waals surface area contributed by atoms with Gasteiger partial charge in [-0.1, -0.05) is 72.8 Å². The Labute approximate surface area is 242 Å². The van der Waals surface area contributed by atoms with Gasteiger partial charge >= 0.3 is 23.9 Å². The maximum absolute atomic E-state index is 11.0. The highest BCUT2D eigenvalue weighted by Gasteiger charge is 2.06. The SMILES string of the molecule is C=C(C)C(=O)OCC(C)CC.C=C(C)C(=O)OCCCCCC.C=C(C)C(=O)OCCCCCOC(=O)C(=C)C. The molecule has 1 atom stereocenters. The predicted molar refractivity (Wildman–Crippen MR) is 161 cm³/mol. The van der Waals surface area contributed by atoms with Crippen molar-refractivity contribution < 1.29 is 38.1 Å². The quantitative estimate of drug-likeness (QED) is 0.0740. The molecule has 0 N–H and O–H groups in total. The molecule has 0 fully saturated rings. The molecular formula is C32H54O8. The van der Waals surface area contributed by atoms with Crippen LogP contribution in [0.4, 0.5) is 0 Å². The largest absolute Gasteiger partial charge is 0.462 e. The van der Waals surface area contributed by atoms with Gasteiger partial charge in [0, 0.05) is 22.3 Å². The van der Waals surface area contributed by atoms with E-state index in [4.69, 9.17) is 18.9 Å². The van der Waals surface area contributed by atoms with Crippen LogP contribution in [0.15, 0.2) is 48.6 Å². The smallest absolute Gasteiger partial charge is 0.333 e. The van der Waals surface area contributed by atoms with Gasteiger partial charge in [-0.15, -0.1) is 0 Å². The lowest BCUT2D eigenvalue weighted by Crippen LogP contribution is -2.11. The maximum Gasteiger partial charge on any atom is 0.333 e. The van der Waals surface area contributed by atoms with E-state index in [0.717, 1.165) is 38.5 Å². The minimum absolute atomic E-state index is 0.272. The van der Waals surface area contributed by atoms with E-state index >= 15 is 0 Å². The molecular weight excluding hydrogens is 512 g/mol. The van der Waals surface area contributed by atoms with Crippen molar-refractivity contribution in [2.75, 3.05) is 26.4 Å². The van der Waals surface area contributed by atoms with E-state index < -0.39 is 0 Å². The molecule has 0 aliphatic heterocycles. The Balaban J connectivity index is -0.000000530. The van der Waals surface area contributed by atoms with Crippen molar-refractivity contribution in [3.05, 3.63) is 48.6 Å². The van der Waals surface area contributed by atoms with E-state index in [-0.39, 0.29) is 23.9 Å². The fraction of sp³-hybridized carbons (Fsp3) is 0.625. The van der Waals surface area contributed by atoms with Crippen molar-refractivity contribution in [1.82, 2.24) is 0 Å². The Bertz CT molecular complexity index is 780. The zero-order valence-corrected chi connectivity index (χ0v) is 26.2. The number of rotatable bonds is 18. The van der Waals surface area contributed by atoms with Gasteiger partial charge in [0.2, 0.25) is 0 Å². The highest BCUT2D eigenvalue weighted by Crippen LogP contribution is 2.03. The lowest BCUT2D eigenvalue weighted by Gasteiger charge is -2.08. The standard InChI is InChI=1S/C13H20O4.C10H18O2.C9H16O2/c1-10(2)12(14)16-8-6-5-7-9-17-13(15)11(3)4;1-4-5-6-7-8-12-10(11)9(2)3;1-5-8(4)6-11-9(10)7(2)3/h1,3,5-9H2,2,4H3;2,4-8H2,1,3H3;8H,2,5-6H2,1,3-4H3. The number of esters is 4. The van der Waals surface area contributed by atoms with Gasteiger partial charge in [0.05, 0.1) is 26.4 Å². The van der Waals surface area contributed by atoms with Crippen molar-refractivity contribution in [3.8, 4) is 0 Å². The summed E-state index contributed by atoms with van der Waals surface area (Å²) in [5.41, 5.74) is 1.75. The average Bonchev–Trinajstić information content (AvgIpc) is 2.90. The van der Waals surface area contributed by atoms with Crippen LogP contribution < -0.4 is 0 Å². The highest BCUT2D eigenvalue weighted by atomic mass is 16.5. The number of hydrogen-bond donors (Lipinski definition) is 0. The number of carbonyl (C=O) groups is 4. The molecule has 0 aliphatic carbocycles. The van der Waals surface area contributed by atoms with Gasteiger partial charge in [0.15, 0.2) is 0 Å². The third-order valence-corrected chi connectivity index (χ3v) is 5.08. The zero-order valence-electron chi connectivity index (χ0n) is 26.2. The highest BCUT2D eigenvalue weighted by molar-refractivity contribution is 5.88. The number of unbranched alkanes of at least 4 members (excludes halogenated alkanes) is 5. The molecule has 230 valence electrons. The van der Waals surface area contributed by atoms with Crippen LogP contribution in [0, 0.1) is 5.92 Å². The van der Waals surface area contributed by atoms with Gasteiger partial charge in [-0.05, 0) is 59.3 Å². The predicted octanol–water partition coefficient (Wildman–Crippen LogP) is 7.23. The minimum atomic E-state index is -0.362. The van der Waals surface area contributed by atoms with Gasteiger partial charge in [0.1, 0.15) is 0 Å². The third kappa shape index (κ3) is 29.4. The number of carbonyl (C=O) groups excluding carboxylic acids is 4. The molecule has 0 radical (unpaired) electrons. The molecule has 0 heterocycles. The molecule has 0 saturated heterocycles. The fourth-order valence-corrected chi connectivity index (χ4v) is 2.23. The van der Waals surface area contributed by atoms with Crippen LogP contribution in [0.25, 0.3) is 0 Å². The molecule has 0 rings (SSSR count). The molecule has 8 heteroatoms. The lowest BCUT2D eigenvalue weighted by molar-refractivity contribution is -0.140. The first-order valence-corrected chi connectivity index (χ1v) is 14.0. The molecule has 0 amide bonds. The second-order valence-corrected chi connectivity index (χ2v) is 9.76. The van der Waals surface area contributed by atoms with E-state index in [9.17, 15) is 19.2 Å². The summed E-state index contributed by atoms with van der Waals surface area (Å²) in [5, 5.41) is 0. The zero-order chi connectivity index (χ0) is 31.5. The first kappa shape index (κ1) is 41.3. The number of hydrogen-bond acceptors (Lipinski definition) is 8. The molecule has 0 bridgehead atoms. The second-order valence-electron chi connectivity index (χ2n) is 9.76. The summed E-state index contributed by atoms with van der Waals surface area (Å²) < 4.78 is 19.6. The Kier molecular flexibility index (Phi) is 28.3. The molecule has 0 saturated carbocycles. The lowest BCUT2D eigenvalue weighted by atomic mass is 10.1. The fourth-order valence-electron chi connectivity index (χ4n) is 2.23. The van der Waals surface area contributed by atoms with E-state index in [1.807, 2.05) is 6.92 Å². The molecule has 0 aromatic heterocycles. The topological polar surface area (TPSA) is 105 Å². The summed E-state index contributed by atoms with van der Waals surface area (Å²) in [7, 11) is 0. The monoisotopic (exact) mass is 566 g/mol. The first-order valence-electron chi connectivity index (χ1n) is 14.0. The van der Waals surface area contributed by atoms with E-state index in [2.05, 4.69) is 40.2 Å². The van der Waals surface area contributed by atoms with Gasteiger partial charge in [0.25, 0.3) is 0 Å². The van der Waals surface area contributed by atoms with Crippen LogP contribution in [-0.2, 0) is 38.1 Å². The molecule has 40 heavy (non-hydrogen) atoms. The van der Waals surface area contributed by atoms with Crippen LogP contribution in [0.2, 0.25) is 0 Å². The van der Waals surface area contributed by atoms with Gasteiger partial charge in [-0.25, -0.2) is 19.2 Å². The maximum atomic E-state index is 11.0. The molecule has 0 aromatic carbocycles. The van der Waals surface area contributed by atoms with Crippen molar-refractivity contribution in [3.63, 3.8) is 0 Å². The molecule has 0 spiro atoms. The van der Waals surface area contributed by atoms with Gasteiger partial charge in [-0.3, -0.25) is 0 Å².